The molecule has 6 heteroatoms. The van der Waals surface area contributed by atoms with E-state index in [1.54, 1.807) is 12.4 Å². The molecule has 3 N–H and O–H groups in total. The number of nitrogens with one attached hydrogen (secondary N) is 3. The summed E-state index contributed by atoms with van der Waals surface area (Å²) < 4.78 is 0. The summed E-state index contributed by atoms with van der Waals surface area (Å²) in [5, 5.41) is 7.32. The number of H-pyrrole nitrogens is 1. The standard InChI is InChI=1S/C19H21N5O/c25-19(17-2-1-7-21-17)23-10-5-14-12-16-15(6-11-22-18(16)24-14)13-3-8-20-9-4-13/h3-4,6,8-9,11-12,17,21H,1-2,5,7,10H2,(H,22,24)(H,23,25)/t17-/m0/s1. The first-order chi connectivity index (χ1) is 12.3. The number of aromatic nitrogens is 3. The zero-order valence-corrected chi connectivity index (χ0v) is 14.0. The molecule has 0 saturated carbocycles. The Bertz CT molecular complexity index is 868. The van der Waals surface area contributed by atoms with E-state index in [9.17, 15) is 4.79 Å². The Labute approximate surface area is 146 Å². The van der Waals surface area contributed by atoms with E-state index in [4.69, 9.17) is 0 Å². The van der Waals surface area contributed by atoms with Crippen molar-refractivity contribution in [2.75, 3.05) is 13.1 Å². The van der Waals surface area contributed by atoms with E-state index >= 15 is 0 Å². The molecule has 0 unspecified atom stereocenters. The molecule has 4 rings (SSSR count). The number of rotatable bonds is 5. The average Bonchev–Trinajstić information content (AvgIpc) is 3.31. The smallest absolute Gasteiger partial charge is 0.237 e. The molecule has 1 fully saturated rings. The van der Waals surface area contributed by atoms with E-state index in [-0.39, 0.29) is 11.9 Å². The molecule has 128 valence electrons. The molecular formula is C19H21N5O. The van der Waals surface area contributed by atoms with E-state index < -0.39 is 0 Å². The Hall–Kier alpha value is -2.73. The first-order valence-electron chi connectivity index (χ1n) is 8.69. The zero-order valence-electron chi connectivity index (χ0n) is 14.0. The van der Waals surface area contributed by atoms with Gasteiger partial charge in [0.2, 0.25) is 5.91 Å². The Balaban J connectivity index is 1.47. The first-order valence-corrected chi connectivity index (χ1v) is 8.69. The van der Waals surface area contributed by atoms with Crippen LogP contribution in [-0.4, -0.2) is 40.0 Å². The second kappa shape index (κ2) is 7.03. The molecule has 1 amide bonds. The van der Waals surface area contributed by atoms with Crippen LogP contribution in [0.4, 0.5) is 0 Å². The molecule has 0 aliphatic carbocycles. The number of fused-ring (bicyclic) bond motifs is 1. The fourth-order valence-corrected chi connectivity index (χ4v) is 3.35. The molecule has 0 bridgehead atoms. The van der Waals surface area contributed by atoms with Crippen LogP contribution in [0.3, 0.4) is 0 Å². The van der Waals surface area contributed by atoms with Gasteiger partial charge in [-0.25, -0.2) is 4.98 Å². The van der Waals surface area contributed by atoms with Gasteiger partial charge in [0.15, 0.2) is 0 Å². The first kappa shape index (κ1) is 15.8. The summed E-state index contributed by atoms with van der Waals surface area (Å²) in [4.78, 5) is 23.9. The van der Waals surface area contributed by atoms with Gasteiger partial charge in [0.1, 0.15) is 5.65 Å². The number of hydrogen-bond acceptors (Lipinski definition) is 4. The second-order valence-corrected chi connectivity index (χ2v) is 6.34. The van der Waals surface area contributed by atoms with Crippen molar-refractivity contribution >= 4 is 16.9 Å². The van der Waals surface area contributed by atoms with Gasteiger partial charge in [-0.2, -0.15) is 0 Å². The SMILES string of the molecule is O=C(NCCc1cc2c(-c3ccncc3)ccnc2[nH]1)[C@@H]1CCCN1. The van der Waals surface area contributed by atoms with E-state index in [0.29, 0.717) is 6.54 Å². The summed E-state index contributed by atoms with van der Waals surface area (Å²) in [5.74, 6) is 0.101. The Kier molecular flexibility index (Phi) is 4.43. The number of amides is 1. The number of hydrogen-bond donors (Lipinski definition) is 3. The van der Waals surface area contributed by atoms with Crippen molar-refractivity contribution in [1.29, 1.82) is 0 Å². The lowest BCUT2D eigenvalue weighted by Gasteiger charge is -2.10. The highest BCUT2D eigenvalue weighted by Crippen LogP contribution is 2.27. The number of carbonyl (C=O) groups is 1. The Morgan fingerprint density at radius 2 is 2.12 bits per heavy atom. The number of aromatic amines is 1. The normalized spacial score (nSPS) is 17.0. The van der Waals surface area contributed by atoms with Crippen molar-refractivity contribution in [3.8, 4) is 11.1 Å². The van der Waals surface area contributed by atoms with E-state index in [0.717, 1.165) is 53.7 Å². The minimum atomic E-state index is -0.0253. The van der Waals surface area contributed by atoms with Gasteiger partial charge in [0.05, 0.1) is 6.04 Å². The lowest BCUT2D eigenvalue weighted by molar-refractivity contribution is -0.122. The molecule has 1 saturated heterocycles. The maximum Gasteiger partial charge on any atom is 0.237 e. The maximum absolute atomic E-state index is 12.0. The largest absolute Gasteiger partial charge is 0.354 e. The fraction of sp³-hybridized carbons (Fsp3) is 0.316. The quantitative estimate of drug-likeness (QED) is 0.666. The van der Waals surface area contributed by atoms with E-state index in [1.165, 1.54) is 0 Å². The zero-order chi connectivity index (χ0) is 17.1. The summed E-state index contributed by atoms with van der Waals surface area (Å²) >= 11 is 0. The number of pyridine rings is 2. The Morgan fingerprint density at radius 1 is 1.24 bits per heavy atom. The van der Waals surface area contributed by atoms with Crippen LogP contribution in [0.1, 0.15) is 18.5 Å². The summed E-state index contributed by atoms with van der Waals surface area (Å²) in [6.45, 7) is 1.55. The highest BCUT2D eigenvalue weighted by Gasteiger charge is 2.21. The second-order valence-electron chi connectivity index (χ2n) is 6.34. The van der Waals surface area contributed by atoms with Crippen molar-refractivity contribution in [1.82, 2.24) is 25.6 Å². The van der Waals surface area contributed by atoms with Gasteiger partial charge in [-0.05, 0) is 54.8 Å². The molecule has 1 atom stereocenters. The van der Waals surface area contributed by atoms with Gasteiger partial charge in [0, 0.05) is 42.6 Å². The van der Waals surface area contributed by atoms with Crippen LogP contribution < -0.4 is 10.6 Å². The van der Waals surface area contributed by atoms with Crippen LogP contribution in [0.15, 0.2) is 42.9 Å². The Morgan fingerprint density at radius 3 is 2.92 bits per heavy atom. The molecule has 0 aromatic carbocycles. The summed E-state index contributed by atoms with van der Waals surface area (Å²) in [7, 11) is 0. The molecule has 3 aromatic heterocycles. The minimum absolute atomic E-state index is 0.0253. The van der Waals surface area contributed by atoms with Crippen LogP contribution in [0.25, 0.3) is 22.2 Å². The summed E-state index contributed by atoms with van der Waals surface area (Å²) in [5.41, 5.74) is 4.19. The predicted molar refractivity (Wildman–Crippen MR) is 97.1 cm³/mol. The molecule has 1 aliphatic rings. The third-order valence-corrected chi connectivity index (χ3v) is 4.65. The molecule has 25 heavy (non-hydrogen) atoms. The van der Waals surface area contributed by atoms with Crippen molar-refractivity contribution in [3.05, 3.63) is 48.5 Å². The van der Waals surface area contributed by atoms with Crippen LogP contribution in [0.2, 0.25) is 0 Å². The molecule has 0 spiro atoms. The fourth-order valence-electron chi connectivity index (χ4n) is 3.35. The summed E-state index contributed by atoms with van der Waals surface area (Å²) in [6.07, 6.45) is 8.15. The highest BCUT2D eigenvalue weighted by atomic mass is 16.2. The number of carbonyl (C=O) groups excluding carboxylic acids is 1. The van der Waals surface area contributed by atoms with Gasteiger partial charge in [-0.1, -0.05) is 0 Å². The average molecular weight is 335 g/mol. The van der Waals surface area contributed by atoms with Crippen molar-refractivity contribution in [2.45, 2.75) is 25.3 Å². The maximum atomic E-state index is 12.0. The lowest BCUT2D eigenvalue weighted by Crippen LogP contribution is -2.41. The monoisotopic (exact) mass is 335 g/mol. The van der Waals surface area contributed by atoms with Gasteiger partial charge in [-0.15, -0.1) is 0 Å². The number of nitrogens with zero attached hydrogens (tertiary/aromatic N) is 2. The van der Waals surface area contributed by atoms with Crippen molar-refractivity contribution in [2.24, 2.45) is 0 Å². The molecule has 1 aliphatic heterocycles. The van der Waals surface area contributed by atoms with Gasteiger partial charge >= 0.3 is 0 Å². The third-order valence-electron chi connectivity index (χ3n) is 4.65. The minimum Gasteiger partial charge on any atom is -0.354 e. The van der Waals surface area contributed by atoms with Crippen LogP contribution >= 0.6 is 0 Å². The molecule has 3 aromatic rings. The van der Waals surface area contributed by atoms with E-state index in [2.05, 4.69) is 31.7 Å². The highest BCUT2D eigenvalue weighted by molar-refractivity contribution is 5.93. The van der Waals surface area contributed by atoms with Crippen molar-refractivity contribution in [3.63, 3.8) is 0 Å². The topological polar surface area (TPSA) is 82.7 Å². The predicted octanol–water partition coefficient (Wildman–Crippen LogP) is 2.04. The van der Waals surface area contributed by atoms with Crippen LogP contribution in [0.5, 0.6) is 0 Å². The van der Waals surface area contributed by atoms with Gasteiger partial charge in [0.25, 0.3) is 0 Å². The van der Waals surface area contributed by atoms with Crippen LogP contribution in [-0.2, 0) is 11.2 Å². The van der Waals surface area contributed by atoms with Gasteiger partial charge < -0.3 is 15.6 Å². The van der Waals surface area contributed by atoms with Gasteiger partial charge in [-0.3, -0.25) is 9.78 Å². The van der Waals surface area contributed by atoms with Crippen molar-refractivity contribution < 1.29 is 4.79 Å². The summed E-state index contributed by atoms with van der Waals surface area (Å²) in [6, 6.07) is 8.11. The molecular weight excluding hydrogens is 314 g/mol. The lowest BCUT2D eigenvalue weighted by atomic mass is 10.1. The van der Waals surface area contributed by atoms with Crippen LogP contribution in [0, 0.1) is 0 Å². The molecule has 4 heterocycles. The third kappa shape index (κ3) is 3.39. The molecule has 0 radical (unpaired) electrons. The van der Waals surface area contributed by atoms with E-state index in [1.807, 2.05) is 24.4 Å². The molecule has 6 nitrogen and oxygen atoms in total.